The Morgan fingerprint density at radius 3 is 2.43 bits per heavy atom. The van der Waals surface area contributed by atoms with Crippen molar-refractivity contribution in [3.05, 3.63) is 29.1 Å². The fraction of sp³-hybridized carbons (Fsp3) is 0.333. The van der Waals surface area contributed by atoms with E-state index in [1.54, 1.807) is 0 Å². The fourth-order valence-corrected chi connectivity index (χ4v) is 2.17. The molecule has 0 aromatic heterocycles. The monoisotopic (exact) mass is 305 g/mol. The van der Waals surface area contributed by atoms with E-state index in [0.29, 0.717) is 4.90 Å². The van der Waals surface area contributed by atoms with Gasteiger partial charge in [0.2, 0.25) is 5.82 Å². The number of hydrogen-bond acceptors (Lipinski definition) is 4. The quantitative estimate of drug-likeness (QED) is 0.690. The van der Waals surface area contributed by atoms with E-state index in [1.165, 1.54) is 0 Å². The van der Waals surface area contributed by atoms with Crippen LogP contribution in [-0.2, 0) is 4.79 Å². The lowest BCUT2D eigenvalue weighted by molar-refractivity contribution is -0.141. The van der Waals surface area contributed by atoms with Gasteiger partial charge in [-0.25, -0.2) is 13.6 Å². The molecule has 6 nitrogen and oxygen atoms in total. The maximum atomic E-state index is 13.7. The predicted octanol–water partition coefficient (Wildman–Crippen LogP) is 0.470. The summed E-state index contributed by atoms with van der Waals surface area (Å²) in [4.78, 5) is 23.7. The van der Waals surface area contributed by atoms with Crippen LogP contribution in [0.5, 0.6) is 5.75 Å². The number of carboxylic acid groups (broad SMARTS) is 1. The molecular formula is C12H10F3NO5. The lowest BCUT2D eigenvalue weighted by atomic mass is 10.1. The number of hydrogen-bond donors (Lipinski definition) is 3. The van der Waals surface area contributed by atoms with Gasteiger partial charge in [-0.05, 0) is 6.07 Å². The van der Waals surface area contributed by atoms with Crippen molar-refractivity contribution >= 4 is 11.9 Å². The van der Waals surface area contributed by atoms with E-state index in [1.807, 2.05) is 0 Å². The van der Waals surface area contributed by atoms with E-state index in [4.69, 9.17) is 10.2 Å². The molecule has 9 heteroatoms. The summed E-state index contributed by atoms with van der Waals surface area (Å²) in [5.41, 5.74) is -1.01. The van der Waals surface area contributed by atoms with Gasteiger partial charge in [-0.1, -0.05) is 0 Å². The zero-order valence-corrected chi connectivity index (χ0v) is 10.4. The molecule has 1 aromatic rings. The second-order valence-electron chi connectivity index (χ2n) is 4.58. The molecule has 0 spiro atoms. The SMILES string of the molecule is O=C(O)[C@H]1C[C@@H](O)CN1C(=O)c1cc(F)c(F)c(O)c1F. The second-order valence-corrected chi connectivity index (χ2v) is 4.58. The number of amides is 1. The maximum absolute atomic E-state index is 13.7. The van der Waals surface area contributed by atoms with Gasteiger partial charge in [0.1, 0.15) is 6.04 Å². The van der Waals surface area contributed by atoms with Crippen LogP contribution >= 0.6 is 0 Å². The Morgan fingerprint density at radius 1 is 1.24 bits per heavy atom. The summed E-state index contributed by atoms with van der Waals surface area (Å²) in [7, 11) is 0. The number of benzene rings is 1. The summed E-state index contributed by atoms with van der Waals surface area (Å²) in [6, 6.07) is -1.18. The van der Waals surface area contributed by atoms with Crippen molar-refractivity contribution in [1.82, 2.24) is 4.90 Å². The molecule has 1 amide bonds. The molecule has 0 aliphatic carbocycles. The third-order valence-electron chi connectivity index (χ3n) is 3.19. The molecule has 2 atom stereocenters. The Hall–Kier alpha value is -2.29. The van der Waals surface area contributed by atoms with Crippen molar-refractivity contribution < 1.29 is 38.1 Å². The number of aliphatic hydroxyl groups excluding tert-OH is 1. The highest BCUT2D eigenvalue weighted by Crippen LogP contribution is 2.28. The summed E-state index contributed by atoms with van der Waals surface area (Å²) in [5.74, 6) is -9.53. The molecule has 114 valence electrons. The van der Waals surface area contributed by atoms with E-state index in [-0.39, 0.29) is 12.5 Å². The van der Waals surface area contributed by atoms with Gasteiger partial charge < -0.3 is 20.2 Å². The normalized spacial score (nSPS) is 21.6. The molecule has 1 aliphatic rings. The first-order valence-corrected chi connectivity index (χ1v) is 5.82. The lowest BCUT2D eigenvalue weighted by Gasteiger charge is -2.21. The van der Waals surface area contributed by atoms with Gasteiger partial charge >= 0.3 is 5.97 Å². The number of halogens is 3. The van der Waals surface area contributed by atoms with Crippen LogP contribution in [0.4, 0.5) is 13.2 Å². The van der Waals surface area contributed by atoms with Crippen LogP contribution in [0.3, 0.4) is 0 Å². The summed E-state index contributed by atoms with van der Waals surface area (Å²) in [5, 5.41) is 27.4. The van der Waals surface area contributed by atoms with Crippen LogP contribution in [0.25, 0.3) is 0 Å². The number of aliphatic hydroxyl groups is 1. The van der Waals surface area contributed by atoms with E-state index in [2.05, 4.69) is 0 Å². The minimum absolute atomic E-state index is 0.232. The average Bonchev–Trinajstić information content (AvgIpc) is 2.82. The second kappa shape index (κ2) is 5.24. The molecule has 1 fully saturated rings. The highest BCUT2D eigenvalue weighted by molar-refractivity contribution is 5.97. The number of carbonyl (C=O) groups excluding carboxylic acids is 1. The van der Waals surface area contributed by atoms with Gasteiger partial charge in [-0.3, -0.25) is 4.79 Å². The Labute approximate surface area is 116 Å². The first-order valence-electron chi connectivity index (χ1n) is 5.82. The topological polar surface area (TPSA) is 98.1 Å². The van der Waals surface area contributed by atoms with E-state index in [0.717, 1.165) is 0 Å². The van der Waals surface area contributed by atoms with Crippen LogP contribution in [0.15, 0.2) is 6.07 Å². The molecule has 0 unspecified atom stereocenters. The highest BCUT2D eigenvalue weighted by atomic mass is 19.2. The van der Waals surface area contributed by atoms with E-state index < -0.39 is 59.3 Å². The molecular weight excluding hydrogens is 295 g/mol. The molecule has 1 aliphatic heterocycles. The summed E-state index contributed by atoms with van der Waals surface area (Å²) >= 11 is 0. The molecule has 1 aromatic carbocycles. The summed E-state index contributed by atoms with van der Waals surface area (Å²) < 4.78 is 39.8. The van der Waals surface area contributed by atoms with Crippen molar-refractivity contribution in [3.8, 4) is 5.75 Å². The van der Waals surface area contributed by atoms with Crippen molar-refractivity contribution in [1.29, 1.82) is 0 Å². The molecule has 1 saturated heterocycles. The third kappa shape index (κ3) is 2.51. The Balaban J connectivity index is 2.43. The number of β-amino-alcohol motifs (C(OH)–C–C–N with tert-alkyl or cyclic N) is 1. The van der Waals surface area contributed by atoms with Gasteiger partial charge in [-0.2, -0.15) is 4.39 Å². The number of aromatic hydroxyl groups is 1. The minimum Gasteiger partial charge on any atom is -0.503 e. The smallest absolute Gasteiger partial charge is 0.326 e. The van der Waals surface area contributed by atoms with E-state index in [9.17, 15) is 27.9 Å². The van der Waals surface area contributed by atoms with Crippen molar-refractivity contribution in [2.24, 2.45) is 0 Å². The number of carbonyl (C=O) groups is 2. The molecule has 3 N–H and O–H groups in total. The minimum atomic E-state index is -1.85. The molecule has 0 bridgehead atoms. The van der Waals surface area contributed by atoms with Crippen LogP contribution in [0, 0.1) is 17.5 Å². The summed E-state index contributed by atoms with van der Waals surface area (Å²) in [6.07, 6.45) is -1.39. The Bertz CT molecular complexity index is 621. The van der Waals surface area contributed by atoms with Gasteiger partial charge in [0.15, 0.2) is 17.4 Å². The van der Waals surface area contributed by atoms with Crippen LogP contribution in [-0.4, -0.2) is 50.8 Å². The Kier molecular flexibility index (Phi) is 3.77. The standard InChI is InChI=1S/C12H10F3NO5/c13-6-2-5(8(14)10(18)9(6)15)11(19)16-3-4(17)1-7(16)12(20)21/h2,4,7,17-18H,1,3H2,(H,20,21)/t4-,7-/m1/s1. The van der Waals surface area contributed by atoms with Gasteiger partial charge in [0.25, 0.3) is 5.91 Å². The van der Waals surface area contributed by atoms with Crippen molar-refractivity contribution in [3.63, 3.8) is 0 Å². The zero-order chi connectivity index (χ0) is 15.9. The maximum Gasteiger partial charge on any atom is 0.326 e. The van der Waals surface area contributed by atoms with E-state index >= 15 is 0 Å². The van der Waals surface area contributed by atoms with Gasteiger partial charge in [-0.15, -0.1) is 0 Å². The van der Waals surface area contributed by atoms with Gasteiger partial charge in [0.05, 0.1) is 11.7 Å². The molecule has 1 heterocycles. The third-order valence-corrected chi connectivity index (χ3v) is 3.19. The number of phenols is 1. The van der Waals surface area contributed by atoms with Crippen molar-refractivity contribution in [2.75, 3.05) is 6.54 Å². The largest absolute Gasteiger partial charge is 0.503 e. The number of phenolic OH excluding ortho intramolecular Hbond substituents is 1. The number of rotatable bonds is 2. The molecule has 0 saturated carbocycles. The van der Waals surface area contributed by atoms with Crippen LogP contribution in [0.1, 0.15) is 16.8 Å². The number of likely N-dealkylation sites (tertiary alicyclic amines) is 1. The number of aliphatic carboxylic acids is 1. The molecule has 0 radical (unpaired) electrons. The first kappa shape index (κ1) is 15.1. The zero-order valence-electron chi connectivity index (χ0n) is 10.4. The fourth-order valence-electron chi connectivity index (χ4n) is 2.17. The predicted molar refractivity (Wildman–Crippen MR) is 61.1 cm³/mol. The first-order chi connectivity index (χ1) is 9.73. The lowest BCUT2D eigenvalue weighted by Crippen LogP contribution is -2.41. The van der Waals surface area contributed by atoms with Gasteiger partial charge in [0, 0.05) is 13.0 Å². The molecule has 21 heavy (non-hydrogen) atoms. The number of nitrogens with zero attached hydrogens (tertiary/aromatic N) is 1. The number of carboxylic acids is 1. The molecule has 2 rings (SSSR count). The highest BCUT2D eigenvalue weighted by Gasteiger charge is 2.40. The Morgan fingerprint density at radius 2 is 1.86 bits per heavy atom. The average molecular weight is 305 g/mol. The summed E-state index contributed by atoms with van der Waals surface area (Å²) in [6.45, 7) is -0.394. The van der Waals surface area contributed by atoms with Crippen molar-refractivity contribution in [2.45, 2.75) is 18.6 Å². The van der Waals surface area contributed by atoms with Crippen LogP contribution in [0.2, 0.25) is 0 Å². The van der Waals surface area contributed by atoms with Crippen LogP contribution < -0.4 is 0 Å².